The molecule has 102 valence electrons. The van der Waals surface area contributed by atoms with Crippen LogP contribution in [-0.2, 0) is 0 Å². The molecule has 0 fully saturated rings. The van der Waals surface area contributed by atoms with Gasteiger partial charge in [0, 0.05) is 15.6 Å². The van der Waals surface area contributed by atoms with E-state index in [-0.39, 0.29) is 6.04 Å². The maximum atomic E-state index is 6.38. The van der Waals surface area contributed by atoms with Gasteiger partial charge in [0.1, 0.15) is 11.5 Å². The summed E-state index contributed by atoms with van der Waals surface area (Å²) in [6.07, 6.45) is 1.70. The molecule has 0 bridgehead atoms. The van der Waals surface area contributed by atoms with Crippen LogP contribution in [0.4, 0.5) is 0 Å². The molecule has 0 radical (unpaired) electrons. The van der Waals surface area contributed by atoms with Crippen LogP contribution in [0, 0.1) is 20.8 Å². The molecule has 1 heterocycles. The van der Waals surface area contributed by atoms with E-state index in [0.717, 1.165) is 38.2 Å². The third kappa shape index (κ3) is 2.55. The Morgan fingerprint density at radius 3 is 2.47 bits per heavy atom. The third-order valence-corrected chi connectivity index (χ3v) is 4.16. The maximum absolute atomic E-state index is 6.38. The van der Waals surface area contributed by atoms with Gasteiger partial charge in [0.15, 0.2) is 0 Å². The summed E-state index contributed by atoms with van der Waals surface area (Å²) in [5, 5.41) is 0. The predicted octanol–water partition coefficient (Wildman–Crippen LogP) is 4.02. The summed E-state index contributed by atoms with van der Waals surface area (Å²) in [5.41, 5.74) is 10.5. The molecule has 0 aliphatic rings. The minimum atomic E-state index is -0.261. The van der Waals surface area contributed by atoms with E-state index >= 15 is 0 Å². The van der Waals surface area contributed by atoms with Gasteiger partial charge in [0.2, 0.25) is 0 Å². The molecule has 0 aliphatic heterocycles. The number of furan rings is 1. The van der Waals surface area contributed by atoms with Crippen molar-refractivity contribution in [1.82, 2.24) is 0 Å². The maximum Gasteiger partial charge on any atom is 0.127 e. The minimum Gasteiger partial charge on any atom is -0.496 e. The first-order chi connectivity index (χ1) is 8.95. The summed E-state index contributed by atoms with van der Waals surface area (Å²) in [6, 6.07) is 3.74. The second-order valence-electron chi connectivity index (χ2n) is 4.72. The van der Waals surface area contributed by atoms with Crippen molar-refractivity contribution >= 4 is 15.9 Å². The molecule has 1 atom stereocenters. The first kappa shape index (κ1) is 14.2. The number of hydrogen-bond acceptors (Lipinski definition) is 3. The zero-order chi connectivity index (χ0) is 14.2. The van der Waals surface area contributed by atoms with Crippen LogP contribution in [0.1, 0.15) is 34.1 Å². The summed E-state index contributed by atoms with van der Waals surface area (Å²) >= 11 is 3.57. The van der Waals surface area contributed by atoms with Crippen molar-refractivity contribution in [3.8, 4) is 5.75 Å². The van der Waals surface area contributed by atoms with Crippen LogP contribution in [-0.4, -0.2) is 7.11 Å². The largest absolute Gasteiger partial charge is 0.496 e. The van der Waals surface area contributed by atoms with Crippen LogP contribution >= 0.6 is 15.9 Å². The Kier molecular flexibility index (Phi) is 4.02. The zero-order valence-corrected chi connectivity index (χ0v) is 13.2. The van der Waals surface area contributed by atoms with Crippen molar-refractivity contribution < 1.29 is 9.15 Å². The molecule has 2 N–H and O–H groups in total. The molecule has 0 spiro atoms. The van der Waals surface area contributed by atoms with Crippen LogP contribution in [0.3, 0.4) is 0 Å². The lowest BCUT2D eigenvalue weighted by atomic mass is 9.94. The number of hydrogen-bond donors (Lipinski definition) is 1. The lowest BCUT2D eigenvalue weighted by molar-refractivity contribution is 0.404. The number of ether oxygens (including phenoxy) is 1. The lowest BCUT2D eigenvalue weighted by Gasteiger charge is -2.20. The second kappa shape index (κ2) is 5.39. The minimum absolute atomic E-state index is 0.261. The van der Waals surface area contributed by atoms with Gasteiger partial charge < -0.3 is 14.9 Å². The van der Waals surface area contributed by atoms with Gasteiger partial charge in [-0.25, -0.2) is 0 Å². The van der Waals surface area contributed by atoms with Crippen LogP contribution < -0.4 is 10.5 Å². The zero-order valence-electron chi connectivity index (χ0n) is 11.6. The molecule has 0 saturated carbocycles. The van der Waals surface area contributed by atoms with Crippen molar-refractivity contribution in [1.29, 1.82) is 0 Å². The summed E-state index contributed by atoms with van der Waals surface area (Å²) in [5.74, 6) is 1.70. The second-order valence-corrected chi connectivity index (χ2v) is 5.57. The number of rotatable bonds is 3. The molecule has 0 amide bonds. The van der Waals surface area contributed by atoms with Crippen molar-refractivity contribution in [2.45, 2.75) is 26.8 Å². The molecule has 4 heteroatoms. The molecule has 2 aromatic rings. The standard InChI is InChI=1S/C15H18BrNO2/c1-8-5-12(16)10(3)13(15(8)18-4)14(17)11-6-9(2)19-7-11/h5-7,14H,17H2,1-4H3. The molecule has 1 unspecified atom stereocenters. The summed E-state index contributed by atoms with van der Waals surface area (Å²) in [7, 11) is 1.67. The molecule has 0 saturated heterocycles. The van der Waals surface area contributed by atoms with Crippen LogP contribution in [0.5, 0.6) is 5.75 Å². The quantitative estimate of drug-likeness (QED) is 0.927. The Hall–Kier alpha value is -1.26. The van der Waals surface area contributed by atoms with E-state index in [0.29, 0.717) is 0 Å². The SMILES string of the molecule is COc1c(C)cc(Br)c(C)c1C(N)c1coc(C)c1. The van der Waals surface area contributed by atoms with Crippen LogP contribution in [0.2, 0.25) is 0 Å². The molecular formula is C15H18BrNO2. The smallest absolute Gasteiger partial charge is 0.127 e. The lowest BCUT2D eigenvalue weighted by Crippen LogP contribution is -2.15. The first-order valence-corrected chi connectivity index (χ1v) is 6.89. The average Bonchev–Trinajstić information content (AvgIpc) is 2.79. The van der Waals surface area contributed by atoms with Gasteiger partial charge in [0.05, 0.1) is 19.4 Å². The topological polar surface area (TPSA) is 48.4 Å². The fourth-order valence-electron chi connectivity index (χ4n) is 2.31. The average molecular weight is 324 g/mol. The van der Waals surface area contributed by atoms with Gasteiger partial charge in [-0.2, -0.15) is 0 Å². The van der Waals surface area contributed by atoms with Crippen molar-refractivity contribution in [3.63, 3.8) is 0 Å². The van der Waals surface area contributed by atoms with Gasteiger partial charge in [-0.05, 0) is 44.0 Å². The van der Waals surface area contributed by atoms with Gasteiger partial charge in [-0.15, -0.1) is 0 Å². The van der Waals surface area contributed by atoms with Crippen LogP contribution in [0.15, 0.2) is 27.3 Å². The molecule has 19 heavy (non-hydrogen) atoms. The van der Waals surface area contributed by atoms with Gasteiger partial charge in [-0.3, -0.25) is 0 Å². The fourth-order valence-corrected chi connectivity index (χ4v) is 2.87. The first-order valence-electron chi connectivity index (χ1n) is 6.10. The van der Waals surface area contributed by atoms with Gasteiger partial charge in [0.25, 0.3) is 0 Å². The fraction of sp³-hybridized carbons (Fsp3) is 0.333. The number of halogens is 1. The normalized spacial score (nSPS) is 12.5. The Balaban J connectivity index is 2.60. The van der Waals surface area contributed by atoms with Gasteiger partial charge >= 0.3 is 0 Å². The number of nitrogens with two attached hydrogens (primary N) is 1. The van der Waals surface area contributed by atoms with E-state index in [4.69, 9.17) is 14.9 Å². The third-order valence-electron chi connectivity index (χ3n) is 3.33. The Labute approximate surface area is 121 Å². The molecule has 1 aromatic heterocycles. The highest BCUT2D eigenvalue weighted by Gasteiger charge is 2.21. The summed E-state index contributed by atoms with van der Waals surface area (Å²) in [4.78, 5) is 0. The molecule has 2 rings (SSSR count). The molecule has 3 nitrogen and oxygen atoms in total. The summed E-state index contributed by atoms with van der Waals surface area (Å²) in [6.45, 7) is 5.96. The van der Waals surface area contributed by atoms with E-state index < -0.39 is 0 Å². The van der Waals surface area contributed by atoms with E-state index in [9.17, 15) is 0 Å². The molecule has 1 aromatic carbocycles. The Morgan fingerprint density at radius 1 is 1.26 bits per heavy atom. The van der Waals surface area contributed by atoms with Gasteiger partial charge in [-0.1, -0.05) is 15.9 Å². The Bertz CT molecular complexity index is 604. The van der Waals surface area contributed by atoms with E-state index in [2.05, 4.69) is 15.9 Å². The number of methoxy groups -OCH3 is 1. The van der Waals surface area contributed by atoms with E-state index in [1.807, 2.05) is 32.9 Å². The van der Waals surface area contributed by atoms with Crippen molar-refractivity contribution in [3.05, 3.63) is 50.9 Å². The highest BCUT2D eigenvalue weighted by Crippen LogP contribution is 2.38. The summed E-state index contributed by atoms with van der Waals surface area (Å²) < 4.78 is 11.9. The number of benzene rings is 1. The van der Waals surface area contributed by atoms with Crippen LogP contribution in [0.25, 0.3) is 0 Å². The van der Waals surface area contributed by atoms with E-state index in [1.54, 1.807) is 13.4 Å². The highest BCUT2D eigenvalue weighted by molar-refractivity contribution is 9.10. The van der Waals surface area contributed by atoms with Crippen molar-refractivity contribution in [2.24, 2.45) is 5.73 Å². The predicted molar refractivity (Wildman–Crippen MR) is 79.6 cm³/mol. The number of aryl methyl sites for hydroxylation is 2. The van der Waals surface area contributed by atoms with Crippen molar-refractivity contribution in [2.75, 3.05) is 7.11 Å². The van der Waals surface area contributed by atoms with E-state index in [1.165, 1.54) is 0 Å². The monoisotopic (exact) mass is 323 g/mol. The highest BCUT2D eigenvalue weighted by atomic mass is 79.9. The molecule has 0 aliphatic carbocycles. The Morgan fingerprint density at radius 2 is 1.95 bits per heavy atom. The molecular weight excluding hydrogens is 306 g/mol.